The van der Waals surface area contributed by atoms with E-state index in [1.165, 1.54) is 0 Å². The standard InChI is InChI=1S/C22H21N3O4/c26-20(23-17-9-2-1-3-10-17)13-14-21(27)24-25-22(28)15-29-19-12-6-8-16-7-4-5-11-18(16)19/h1-12H,13-15H2,(H,23,26)(H,24,27)(H,25,28). The van der Waals surface area contributed by atoms with Crippen LogP contribution in [0.4, 0.5) is 5.69 Å². The summed E-state index contributed by atoms with van der Waals surface area (Å²) >= 11 is 0. The number of rotatable bonds is 7. The average Bonchev–Trinajstić information content (AvgIpc) is 2.75. The van der Waals surface area contributed by atoms with Crippen LogP contribution in [-0.2, 0) is 14.4 Å². The fourth-order valence-corrected chi connectivity index (χ4v) is 2.67. The highest BCUT2D eigenvalue weighted by molar-refractivity contribution is 5.93. The topological polar surface area (TPSA) is 96.5 Å². The van der Waals surface area contributed by atoms with Crippen molar-refractivity contribution in [2.75, 3.05) is 11.9 Å². The first-order chi connectivity index (χ1) is 14.1. The van der Waals surface area contributed by atoms with Crippen molar-refractivity contribution in [3.05, 3.63) is 72.8 Å². The number of amides is 3. The Hall–Kier alpha value is -3.87. The van der Waals surface area contributed by atoms with Crippen LogP contribution in [0.1, 0.15) is 12.8 Å². The van der Waals surface area contributed by atoms with E-state index in [1.54, 1.807) is 30.3 Å². The van der Waals surface area contributed by atoms with Gasteiger partial charge in [0.25, 0.3) is 5.91 Å². The van der Waals surface area contributed by atoms with E-state index in [4.69, 9.17) is 4.74 Å². The van der Waals surface area contributed by atoms with E-state index in [2.05, 4.69) is 16.2 Å². The molecule has 0 spiro atoms. The fourth-order valence-electron chi connectivity index (χ4n) is 2.67. The van der Waals surface area contributed by atoms with E-state index in [0.29, 0.717) is 11.4 Å². The Labute approximate surface area is 168 Å². The van der Waals surface area contributed by atoms with Gasteiger partial charge in [0.2, 0.25) is 11.8 Å². The van der Waals surface area contributed by atoms with Crippen molar-refractivity contribution in [1.29, 1.82) is 0 Å². The Kier molecular flexibility index (Phi) is 6.78. The summed E-state index contributed by atoms with van der Waals surface area (Å²) in [6, 6.07) is 22.2. The second-order valence-corrected chi connectivity index (χ2v) is 6.28. The molecule has 3 amide bonds. The molecule has 148 valence electrons. The van der Waals surface area contributed by atoms with Crippen molar-refractivity contribution in [3.8, 4) is 5.75 Å². The van der Waals surface area contributed by atoms with E-state index < -0.39 is 11.8 Å². The molecule has 0 aliphatic heterocycles. The molecule has 3 aromatic rings. The number of hydrogen-bond acceptors (Lipinski definition) is 4. The van der Waals surface area contributed by atoms with Crippen molar-refractivity contribution < 1.29 is 19.1 Å². The predicted octanol–water partition coefficient (Wildman–Crippen LogP) is 2.78. The molecule has 0 fully saturated rings. The molecule has 0 atom stereocenters. The Morgan fingerprint density at radius 3 is 2.17 bits per heavy atom. The Morgan fingerprint density at radius 2 is 1.34 bits per heavy atom. The normalized spacial score (nSPS) is 10.2. The summed E-state index contributed by atoms with van der Waals surface area (Å²) in [6.45, 7) is -0.247. The van der Waals surface area contributed by atoms with Crippen molar-refractivity contribution in [2.24, 2.45) is 0 Å². The number of carbonyl (C=O) groups is 3. The second-order valence-electron chi connectivity index (χ2n) is 6.28. The van der Waals surface area contributed by atoms with E-state index in [0.717, 1.165) is 10.8 Å². The minimum absolute atomic E-state index is 0.00308. The van der Waals surface area contributed by atoms with Gasteiger partial charge in [-0.25, -0.2) is 0 Å². The first-order valence-corrected chi connectivity index (χ1v) is 9.15. The molecule has 0 aliphatic rings. The highest BCUT2D eigenvalue weighted by atomic mass is 16.5. The van der Waals surface area contributed by atoms with Crippen molar-refractivity contribution in [3.63, 3.8) is 0 Å². The summed E-state index contributed by atoms with van der Waals surface area (Å²) in [5, 5.41) is 4.60. The molecule has 0 saturated carbocycles. The van der Waals surface area contributed by atoms with Gasteiger partial charge < -0.3 is 10.1 Å². The lowest BCUT2D eigenvalue weighted by Crippen LogP contribution is -2.44. The summed E-state index contributed by atoms with van der Waals surface area (Å²) < 4.78 is 5.55. The number of para-hydroxylation sites is 1. The monoisotopic (exact) mass is 391 g/mol. The summed E-state index contributed by atoms with van der Waals surface area (Å²) in [7, 11) is 0. The Morgan fingerprint density at radius 1 is 0.690 bits per heavy atom. The van der Waals surface area contributed by atoms with Gasteiger partial charge >= 0.3 is 0 Å². The Balaban J connectivity index is 1.37. The zero-order chi connectivity index (χ0) is 20.5. The van der Waals surface area contributed by atoms with Crippen LogP contribution in [0.25, 0.3) is 10.8 Å². The summed E-state index contributed by atoms with van der Waals surface area (Å²) in [6.07, 6.45) is -0.0494. The zero-order valence-electron chi connectivity index (χ0n) is 15.7. The van der Waals surface area contributed by atoms with Crippen LogP contribution < -0.4 is 20.9 Å². The smallest absolute Gasteiger partial charge is 0.276 e. The molecule has 7 nitrogen and oxygen atoms in total. The molecule has 0 unspecified atom stereocenters. The number of hydrazine groups is 1. The van der Waals surface area contributed by atoms with Gasteiger partial charge in [0, 0.05) is 23.9 Å². The molecule has 0 aromatic heterocycles. The van der Waals surface area contributed by atoms with Gasteiger partial charge in [-0.15, -0.1) is 0 Å². The van der Waals surface area contributed by atoms with Crippen LogP contribution >= 0.6 is 0 Å². The maximum atomic E-state index is 11.9. The minimum atomic E-state index is -0.500. The number of benzene rings is 3. The number of ether oxygens (including phenoxy) is 1. The van der Waals surface area contributed by atoms with Gasteiger partial charge in [0.05, 0.1) is 0 Å². The number of nitrogens with one attached hydrogen (secondary N) is 3. The largest absolute Gasteiger partial charge is 0.483 e. The zero-order valence-corrected chi connectivity index (χ0v) is 15.7. The van der Waals surface area contributed by atoms with Crippen LogP contribution in [0, 0.1) is 0 Å². The lowest BCUT2D eigenvalue weighted by molar-refractivity contribution is -0.130. The molecule has 0 bridgehead atoms. The van der Waals surface area contributed by atoms with E-state index in [1.807, 2.05) is 42.5 Å². The van der Waals surface area contributed by atoms with E-state index >= 15 is 0 Å². The van der Waals surface area contributed by atoms with Gasteiger partial charge in [-0.1, -0.05) is 54.6 Å². The summed E-state index contributed by atoms with van der Waals surface area (Å²) in [5.74, 6) is -0.661. The first-order valence-electron chi connectivity index (χ1n) is 9.15. The number of anilines is 1. The quantitative estimate of drug-likeness (QED) is 0.540. The maximum absolute atomic E-state index is 11.9. The third kappa shape index (κ3) is 6.07. The van der Waals surface area contributed by atoms with Crippen LogP contribution in [0.3, 0.4) is 0 Å². The number of fused-ring (bicyclic) bond motifs is 1. The van der Waals surface area contributed by atoms with Crippen LogP contribution in [0.2, 0.25) is 0 Å². The molecule has 7 heteroatoms. The number of carbonyl (C=O) groups excluding carboxylic acids is 3. The molecular formula is C22H21N3O4. The third-order valence-electron chi connectivity index (χ3n) is 4.09. The molecule has 29 heavy (non-hydrogen) atoms. The minimum Gasteiger partial charge on any atom is -0.483 e. The second kappa shape index (κ2) is 9.89. The fraction of sp³-hybridized carbons (Fsp3) is 0.136. The third-order valence-corrected chi connectivity index (χ3v) is 4.09. The molecule has 0 saturated heterocycles. The molecule has 3 aromatic carbocycles. The molecular weight excluding hydrogens is 370 g/mol. The van der Waals surface area contributed by atoms with Gasteiger partial charge in [0.1, 0.15) is 5.75 Å². The van der Waals surface area contributed by atoms with Gasteiger partial charge in [-0.3, -0.25) is 25.2 Å². The van der Waals surface area contributed by atoms with Gasteiger partial charge in [0.15, 0.2) is 6.61 Å². The molecule has 0 heterocycles. The maximum Gasteiger partial charge on any atom is 0.276 e. The predicted molar refractivity (Wildman–Crippen MR) is 110 cm³/mol. The highest BCUT2D eigenvalue weighted by Crippen LogP contribution is 2.24. The van der Waals surface area contributed by atoms with Crippen LogP contribution in [0.15, 0.2) is 72.8 Å². The van der Waals surface area contributed by atoms with Crippen LogP contribution in [0.5, 0.6) is 5.75 Å². The van der Waals surface area contributed by atoms with Gasteiger partial charge in [-0.2, -0.15) is 0 Å². The van der Waals surface area contributed by atoms with Crippen molar-refractivity contribution in [2.45, 2.75) is 12.8 Å². The highest BCUT2D eigenvalue weighted by Gasteiger charge is 2.10. The van der Waals surface area contributed by atoms with Crippen molar-refractivity contribution >= 4 is 34.2 Å². The lowest BCUT2D eigenvalue weighted by Gasteiger charge is -2.10. The van der Waals surface area contributed by atoms with Crippen molar-refractivity contribution in [1.82, 2.24) is 10.9 Å². The van der Waals surface area contributed by atoms with Gasteiger partial charge in [-0.05, 0) is 23.6 Å². The molecule has 3 N–H and O–H groups in total. The Bertz CT molecular complexity index is 1000. The molecule has 0 aliphatic carbocycles. The molecule has 0 radical (unpaired) electrons. The average molecular weight is 391 g/mol. The number of hydrogen-bond donors (Lipinski definition) is 3. The van der Waals surface area contributed by atoms with E-state index in [-0.39, 0.29) is 25.4 Å². The van der Waals surface area contributed by atoms with Crippen LogP contribution in [-0.4, -0.2) is 24.3 Å². The summed E-state index contributed by atoms with van der Waals surface area (Å²) in [5.41, 5.74) is 5.22. The van der Waals surface area contributed by atoms with E-state index in [9.17, 15) is 14.4 Å². The first kappa shape index (κ1) is 19.9. The lowest BCUT2D eigenvalue weighted by atomic mass is 10.1. The molecule has 3 rings (SSSR count). The summed E-state index contributed by atoms with van der Waals surface area (Å²) in [4.78, 5) is 35.5. The SMILES string of the molecule is O=C(CCC(=O)Nc1ccccc1)NNC(=O)COc1cccc2ccccc12.